The second-order valence-electron chi connectivity index (χ2n) is 5.57. The lowest BCUT2D eigenvalue weighted by Crippen LogP contribution is -2.06. The number of aromatic amines is 2. The molecule has 0 amide bonds. The maximum absolute atomic E-state index is 13.3. The summed E-state index contributed by atoms with van der Waals surface area (Å²) in [6, 6.07) is 8.24. The molecule has 25 heavy (non-hydrogen) atoms. The van der Waals surface area contributed by atoms with Crippen LogP contribution in [-0.2, 0) is 6.54 Å². The number of aromatic nitrogens is 6. The molecule has 8 nitrogen and oxygen atoms in total. The van der Waals surface area contributed by atoms with Crippen LogP contribution in [0.3, 0.4) is 0 Å². The highest BCUT2D eigenvalue weighted by molar-refractivity contribution is 5.88. The van der Waals surface area contributed by atoms with Crippen molar-refractivity contribution in [1.29, 1.82) is 0 Å². The van der Waals surface area contributed by atoms with Crippen molar-refractivity contribution >= 4 is 28.6 Å². The fourth-order valence-electron chi connectivity index (χ4n) is 2.44. The zero-order chi connectivity index (χ0) is 17.2. The van der Waals surface area contributed by atoms with E-state index in [1.54, 1.807) is 12.3 Å². The van der Waals surface area contributed by atoms with Crippen LogP contribution in [0.25, 0.3) is 11.0 Å². The summed E-state index contributed by atoms with van der Waals surface area (Å²) in [7, 11) is 0. The number of halogens is 1. The van der Waals surface area contributed by atoms with Gasteiger partial charge < -0.3 is 10.6 Å². The van der Waals surface area contributed by atoms with Crippen molar-refractivity contribution in [3.8, 4) is 0 Å². The van der Waals surface area contributed by atoms with Crippen molar-refractivity contribution < 1.29 is 4.39 Å². The average Bonchev–Trinajstić information content (AvgIpc) is 3.22. The van der Waals surface area contributed by atoms with E-state index in [0.717, 1.165) is 16.6 Å². The first-order valence-electron chi connectivity index (χ1n) is 7.66. The fraction of sp³-hybridized carbons (Fsp3) is 0.125. The topological polar surface area (TPSA) is 107 Å². The van der Waals surface area contributed by atoms with E-state index in [-0.39, 0.29) is 5.82 Å². The summed E-state index contributed by atoms with van der Waals surface area (Å²) in [5.41, 5.74) is 2.32. The van der Waals surface area contributed by atoms with Crippen LogP contribution in [0, 0.1) is 12.7 Å². The van der Waals surface area contributed by atoms with Gasteiger partial charge in [0.2, 0.25) is 5.95 Å². The Labute approximate surface area is 141 Å². The maximum Gasteiger partial charge on any atom is 0.226 e. The third kappa shape index (κ3) is 3.25. The van der Waals surface area contributed by atoms with Crippen LogP contribution in [0.1, 0.15) is 11.3 Å². The molecule has 0 bridgehead atoms. The molecule has 0 unspecified atom stereocenters. The summed E-state index contributed by atoms with van der Waals surface area (Å²) < 4.78 is 13.3. The number of H-pyrrole nitrogens is 2. The molecule has 0 atom stereocenters. The van der Waals surface area contributed by atoms with Gasteiger partial charge in [0.05, 0.1) is 11.6 Å². The summed E-state index contributed by atoms with van der Waals surface area (Å²) >= 11 is 0. The number of rotatable bonds is 5. The molecule has 3 aromatic heterocycles. The monoisotopic (exact) mass is 338 g/mol. The van der Waals surface area contributed by atoms with Crippen LogP contribution in [0.2, 0.25) is 0 Å². The Morgan fingerprint density at radius 2 is 2.08 bits per heavy atom. The van der Waals surface area contributed by atoms with E-state index in [1.807, 2.05) is 19.1 Å². The molecule has 1 aromatic carbocycles. The first-order valence-corrected chi connectivity index (χ1v) is 7.66. The SMILES string of the molecule is Cc1cc(Nc2nc(NCc3cccc(F)c3)nc3[nH]ncc23)n[nH]1. The Kier molecular flexibility index (Phi) is 3.73. The smallest absolute Gasteiger partial charge is 0.226 e. The first-order chi connectivity index (χ1) is 12.2. The number of nitrogens with zero attached hydrogens (tertiary/aromatic N) is 4. The molecule has 0 aliphatic rings. The lowest BCUT2D eigenvalue weighted by atomic mass is 10.2. The number of benzene rings is 1. The molecule has 0 fully saturated rings. The summed E-state index contributed by atoms with van der Waals surface area (Å²) in [5.74, 6) is 1.35. The van der Waals surface area contributed by atoms with Crippen LogP contribution in [-0.4, -0.2) is 30.4 Å². The molecule has 4 N–H and O–H groups in total. The van der Waals surface area contributed by atoms with Crippen molar-refractivity contribution in [2.45, 2.75) is 13.5 Å². The zero-order valence-electron chi connectivity index (χ0n) is 13.3. The van der Waals surface area contributed by atoms with Crippen LogP contribution in [0.5, 0.6) is 0 Å². The van der Waals surface area contributed by atoms with Gasteiger partial charge in [-0.2, -0.15) is 20.2 Å². The zero-order valence-corrected chi connectivity index (χ0v) is 13.3. The van der Waals surface area contributed by atoms with E-state index in [4.69, 9.17) is 0 Å². The Bertz CT molecular complexity index is 1020. The molecule has 0 saturated carbocycles. The largest absolute Gasteiger partial charge is 0.350 e. The molecule has 4 rings (SSSR count). The highest BCUT2D eigenvalue weighted by Crippen LogP contribution is 2.23. The van der Waals surface area contributed by atoms with E-state index in [2.05, 4.69) is 41.0 Å². The summed E-state index contributed by atoms with van der Waals surface area (Å²) in [5, 5.41) is 20.8. The minimum atomic E-state index is -0.277. The fourth-order valence-corrected chi connectivity index (χ4v) is 2.44. The minimum Gasteiger partial charge on any atom is -0.350 e. The summed E-state index contributed by atoms with van der Waals surface area (Å²) in [6.07, 6.45) is 1.65. The Morgan fingerprint density at radius 1 is 1.16 bits per heavy atom. The predicted molar refractivity (Wildman–Crippen MR) is 92.0 cm³/mol. The molecule has 4 aromatic rings. The predicted octanol–water partition coefficient (Wildman–Crippen LogP) is 2.88. The van der Waals surface area contributed by atoms with Gasteiger partial charge in [0, 0.05) is 18.3 Å². The number of aryl methyl sites for hydroxylation is 1. The van der Waals surface area contributed by atoms with Crippen LogP contribution < -0.4 is 10.6 Å². The quantitative estimate of drug-likeness (QED) is 0.446. The lowest BCUT2D eigenvalue weighted by molar-refractivity contribution is 0.626. The van der Waals surface area contributed by atoms with Crippen molar-refractivity contribution in [1.82, 2.24) is 30.4 Å². The third-order valence-corrected chi connectivity index (χ3v) is 3.60. The van der Waals surface area contributed by atoms with Gasteiger partial charge in [0.15, 0.2) is 11.5 Å². The Morgan fingerprint density at radius 3 is 2.88 bits per heavy atom. The molecule has 9 heteroatoms. The first kappa shape index (κ1) is 15.1. The normalized spacial score (nSPS) is 11.0. The van der Waals surface area contributed by atoms with E-state index in [1.165, 1.54) is 12.1 Å². The van der Waals surface area contributed by atoms with Crippen molar-refractivity contribution in [3.63, 3.8) is 0 Å². The maximum atomic E-state index is 13.3. The van der Waals surface area contributed by atoms with E-state index in [9.17, 15) is 4.39 Å². The lowest BCUT2D eigenvalue weighted by Gasteiger charge is -2.08. The second-order valence-corrected chi connectivity index (χ2v) is 5.57. The minimum absolute atomic E-state index is 0.277. The Hall–Kier alpha value is -3.49. The number of hydrogen-bond donors (Lipinski definition) is 4. The van der Waals surface area contributed by atoms with Gasteiger partial charge in [-0.1, -0.05) is 12.1 Å². The third-order valence-electron chi connectivity index (χ3n) is 3.60. The van der Waals surface area contributed by atoms with E-state index in [0.29, 0.717) is 29.8 Å². The van der Waals surface area contributed by atoms with Gasteiger partial charge in [-0.15, -0.1) is 0 Å². The van der Waals surface area contributed by atoms with Crippen LogP contribution >= 0.6 is 0 Å². The highest BCUT2D eigenvalue weighted by atomic mass is 19.1. The average molecular weight is 338 g/mol. The van der Waals surface area contributed by atoms with Crippen molar-refractivity contribution in [2.24, 2.45) is 0 Å². The molecule has 0 radical (unpaired) electrons. The molecule has 0 spiro atoms. The van der Waals surface area contributed by atoms with Crippen LogP contribution in [0.4, 0.5) is 22.0 Å². The van der Waals surface area contributed by atoms with Crippen molar-refractivity contribution in [3.05, 3.63) is 53.6 Å². The molecule has 0 saturated heterocycles. The molecule has 0 aliphatic carbocycles. The van der Waals surface area contributed by atoms with Gasteiger partial charge in [-0.25, -0.2) is 4.39 Å². The van der Waals surface area contributed by atoms with Gasteiger partial charge in [-0.05, 0) is 24.6 Å². The molecule has 3 heterocycles. The molecule has 0 aliphatic heterocycles. The van der Waals surface area contributed by atoms with E-state index < -0.39 is 0 Å². The van der Waals surface area contributed by atoms with Crippen molar-refractivity contribution in [2.75, 3.05) is 10.6 Å². The van der Waals surface area contributed by atoms with Gasteiger partial charge in [0.1, 0.15) is 11.6 Å². The highest BCUT2D eigenvalue weighted by Gasteiger charge is 2.11. The number of anilines is 3. The molecular weight excluding hydrogens is 323 g/mol. The number of hydrogen-bond acceptors (Lipinski definition) is 6. The standard InChI is InChI=1S/C16H15FN8/c1-9-5-13(24-23-9)20-14-12-8-19-25-15(12)22-16(21-14)18-7-10-3-2-4-11(17)6-10/h2-6,8H,7H2,1H3,(H4,18,19,20,21,22,23,24,25). The number of fused-ring (bicyclic) bond motifs is 1. The molecular formula is C16H15FN8. The number of nitrogens with one attached hydrogen (secondary N) is 4. The summed E-state index contributed by atoms with van der Waals surface area (Å²) in [4.78, 5) is 8.85. The van der Waals surface area contributed by atoms with Gasteiger partial charge in [0.25, 0.3) is 0 Å². The Balaban J connectivity index is 1.61. The van der Waals surface area contributed by atoms with Gasteiger partial charge in [-0.3, -0.25) is 10.2 Å². The van der Waals surface area contributed by atoms with Crippen LogP contribution in [0.15, 0.2) is 36.5 Å². The van der Waals surface area contributed by atoms with E-state index >= 15 is 0 Å². The van der Waals surface area contributed by atoms with Gasteiger partial charge >= 0.3 is 0 Å². The molecule has 126 valence electrons. The second kappa shape index (κ2) is 6.19. The summed E-state index contributed by atoms with van der Waals surface area (Å²) in [6.45, 7) is 2.32.